The fourth-order valence-electron chi connectivity index (χ4n) is 2.87. The Morgan fingerprint density at radius 1 is 1.28 bits per heavy atom. The van der Waals surface area contributed by atoms with Crippen LogP contribution in [0.3, 0.4) is 0 Å². The summed E-state index contributed by atoms with van der Waals surface area (Å²) in [4.78, 5) is 7.05. The van der Waals surface area contributed by atoms with E-state index in [1.54, 1.807) is 0 Å². The number of hydrogen-bond donors (Lipinski definition) is 2. The Balaban J connectivity index is 0.00000162. The summed E-state index contributed by atoms with van der Waals surface area (Å²) in [6, 6.07) is 1.48. The van der Waals surface area contributed by atoms with Gasteiger partial charge in [-0.25, -0.2) is 0 Å². The lowest BCUT2D eigenvalue weighted by Crippen LogP contribution is -2.49. The number of hydrogen-bond acceptors (Lipinski definition) is 4. The molecule has 0 amide bonds. The molecule has 4 nitrogen and oxygen atoms in total. The highest BCUT2D eigenvalue weighted by atomic mass is 127. The van der Waals surface area contributed by atoms with Crippen molar-refractivity contribution in [3.05, 3.63) is 0 Å². The van der Waals surface area contributed by atoms with Crippen molar-refractivity contribution < 1.29 is 0 Å². The van der Waals surface area contributed by atoms with Crippen LogP contribution in [0.25, 0.3) is 0 Å². The van der Waals surface area contributed by atoms with Crippen LogP contribution in [0.15, 0.2) is 4.99 Å². The lowest BCUT2D eigenvalue weighted by Gasteiger charge is -2.39. The van der Waals surface area contributed by atoms with Crippen LogP contribution in [0.1, 0.15) is 39.5 Å². The molecule has 0 aromatic heterocycles. The molecule has 0 bridgehead atoms. The molecule has 2 unspecified atom stereocenters. The molecular formula is C13H27IN4. The summed E-state index contributed by atoms with van der Waals surface area (Å²) in [5, 5.41) is 6.71. The summed E-state index contributed by atoms with van der Waals surface area (Å²) in [5.41, 5.74) is 0. The molecule has 0 spiro atoms. The lowest BCUT2D eigenvalue weighted by molar-refractivity contribution is 0.106. The summed E-state index contributed by atoms with van der Waals surface area (Å²) in [6.45, 7) is 8.86. The minimum absolute atomic E-state index is 0. The van der Waals surface area contributed by atoms with Gasteiger partial charge in [0.25, 0.3) is 0 Å². The van der Waals surface area contributed by atoms with E-state index in [2.05, 4.69) is 34.4 Å². The number of nitrogens with one attached hydrogen (secondary N) is 2. The molecule has 2 N–H and O–H groups in total. The van der Waals surface area contributed by atoms with Gasteiger partial charge in [0.1, 0.15) is 0 Å². The molecule has 0 aliphatic carbocycles. The smallest absolute Gasteiger partial charge is 0.191 e. The first-order valence-electron chi connectivity index (χ1n) is 7.05. The van der Waals surface area contributed by atoms with E-state index in [1.165, 1.54) is 19.3 Å². The number of aliphatic imine (C=N–C) groups is 1. The molecule has 2 heterocycles. The van der Waals surface area contributed by atoms with E-state index in [1.807, 2.05) is 0 Å². The number of nitrogens with zero attached hydrogens (tertiary/aromatic N) is 2. The Morgan fingerprint density at radius 3 is 2.61 bits per heavy atom. The maximum Gasteiger partial charge on any atom is 0.191 e. The van der Waals surface area contributed by atoms with Crippen LogP contribution in [-0.4, -0.2) is 49.1 Å². The molecule has 18 heavy (non-hydrogen) atoms. The molecule has 5 heteroatoms. The van der Waals surface area contributed by atoms with Crippen LogP contribution in [-0.2, 0) is 0 Å². The number of piperidine rings is 1. The summed E-state index contributed by atoms with van der Waals surface area (Å²) in [6.07, 6.45) is 5.25. The van der Waals surface area contributed by atoms with Crippen molar-refractivity contribution in [2.75, 3.05) is 26.2 Å². The SMILES string of the molecule is CC1CCCC(C)N1CCNC1=NCCCN1.I. The van der Waals surface area contributed by atoms with Crippen molar-refractivity contribution in [2.24, 2.45) is 4.99 Å². The Hall–Kier alpha value is -0.0400. The van der Waals surface area contributed by atoms with Gasteiger partial charge in [-0.15, -0.1) is 24.0 Å². The largest absolute Gasteiger partial charge is 0.356 e. The average Bonchev–Trinajstić information content (AvgIpc) is 2.34. The standard InChI is InChI=1S/C13H26N4.HI/c1-11-5-3-6-12(2)17(11)10-9-16-13-14-7-4-8-15-13;/h11-12H,3-10H2,1-2H3,(H2,14,15,16);1H. The van der Waals surface area contributed by atoms with Crippen molar-refractivity contribution in [1.82, 2.24) is 15.5 Å². The molecule has 2 atom stereocenters. The summed E-state index contributed by atoms with van der Waals surface area (Å²) in [5.74, 6) is 0.994. The Bertz CT molecular complexity index is 260. The Labute approximate surface area is 128 Å². The zero-order chi connectivity index (χ0) is 12.1. The number of likely N-dealkylation sites (tertiary alicyclic amines) is 1. The molecule has 0 radical (unpaired) electrons. The summed E-state index contributed by atoms with van der Waals surface area (Å²) >= 11 is 0. The third-order valence-electron chi connectivity index (χ3n) is 3.94. The monoisotopic (exact) mass is 366 g/mol. The van der Waals surface area contributed by atoms with Crippen LogP contribution >= 0.6 is 24.0 Å². The fourth-order valence-corrected chi connectivity index (χ4v) is 2.87. The van der Waals surface area contributed by atoms with Crippen LogP contribution in [0, 0.1) is 0 Å². The van der Waals surface area contributed by atoms with Crippen molar-refractivity contribution in [1.29, 1.82) is 0 Å². The van der Waals surface area contributed by atoms with Crippen LogP contribution in [0.5, 0.6) is 0 Å². The van der Waals surface area contributed by atoms with Gasteiger partial charge in [0.05, 0.1) is 0 Å². The van der Waals surface area contributed by atoms with E-state index in [-0.39, 0.29) is 24.0 Å². The van der Waals surface area contributed by atoms with E-state index >= 15 is 0 Å². The fraction of sp³-hybridized carbons (Fsp3) is 0.923. The number of guanidine groups is 1. The second-order valence-electron chi connectivity index (χ2n) is 5.30. The predicted octanol–water partition coefficient (Wildman–Crippen LogP) is 1.81. The van der Waals surface area contributed by atoms with E-state index in [0.717, 1.165) is 50.6 Å². The highest BCUT2D eigenvalue weighted by Gasteiger charge is 2.23. The Morgan fingerprint density at radius 2 is 2.00 bits per heavy atom. The third-order valence-corrected chi connectivity index (χ3v) is 3.94. The molecule has 1 fully saturated rings. The van der Waals surface area contributed by atoms with E-state index in [9.17, 15) is 0 Å². The first-order valence-corrected chi connectivity index (χ1v) is 7.05. The lowest BCUT2D eigenvalue weighted by atomic mass is 9.98. The van der Waals surface area contributed by atoms with E-state index < -0.39 is 0 Å². The van der Waals surface area contributed by atoms with Crippen LogP contribution in [0.4, 0.5) is 0 Å². The molecule has 0 aromatic carbocycles. The maximum absolute atomic E-state index is 4.43. The van der Waals surface area contributed by atoms with Crippen molar-refractivity contribution in [3.8, 4) is 0 Å². The quantitative estimate of drug-likeness (QED) is 0.749. The first-order chi connectivity index (χ1) is 8.27. The number of rotatable bonds is 3. The minimum Gasteiger partial charge on any atom is -0.356 e. The zero-order valence-corrected chi connectivity index (χ0v) is 13.9. The molecule has 106 valence electrons. The summed E-state index contributed by atoms with van der Waals surface area (Å²) < 4.78 is 0. The van der Waals surface area contributed by atoms with E-state index in [4.69, 9.17) is 0 Å². The van der Waals surface area contributed by atoms with E-state index in [0.29, 0.717) is 0 Å². The molecule has 2 rings (SSSR count). The third kappa shape index (κ3) is 4.57. The maximum atomic E-state index is 4.43. The van der Waals surface area contributed by atoms with Crippen molar-refractivity contribution in [2.45, 2.75) is 51.6 Å². The normalized spacial score (nSPS) is 28.9. The predicted molar refractivity (Wildman–Crippen MR) is 87.8 cm³/mol. The van der Waals surface area contributed by atoms with Crippen LogP contribution < -0.4 is 10.6 Å². The topological polar surface area (TPSA) is 39.7 Å². The average molecular weight is 366 g/mol. The molecule has 0 aromatic rings. The molecule has 2 aliphatic heterocycles. The van der Waals surface area contributed by atoms with Crippen LogP contribution in [0.2, 0.25) is 0 Å². The van der Waals surface area contributed by atoms with Gasteiger partial charge in [0.15, 0.2) is 5.96 Å². The molecule has 0 saturated carbocycles. The van der Waals surface area contributed by atoms with Gasteiger partial charge >= 0.3 is 0 Å². The van der Waals surface area contributed by atoms with Gasteiger partial charge in [-0.1, -0.05) is 6.42 Å². The second-order valence-corrected chi connectivity index (χ2v) is 5.30. The molecule has 1 saturated heterocycles. The van der Waals surface area contributed by atoms with Gasteiger partial charge in [0, 0.05) is 38.3 Å². The second kappa shape index (κ2) is 8.19. The molecule has 2 aliphatic rings. The zero-order valence-electron chi connectivity index (χ0n) is 11.6. The number of halogens is 1. The van der Waals surface area contributed by atoms with Gasteiger partial charge in [-0.05, 0) is 33.1 Å². The molecular weight excluding hydrogens is 339 g/mol. The minimum atomic E-state index is 0. The first kappa shape index (κ1) is 16.0. The Kier molecular flexibility index (Phi) is 7.29. The van der Waals surface area contributed by atoms with Crippen molar-refractivity contribution >= 4 is 29.9 Å². The van der Waals surface area contributed by atoms with Gasteiger partial charge in [-0.3, -0.25) is 9.89 Å². The van der Waals surface area contributed by atoms with Crippen molar-refractivity contribution in [3.63, 3.8) is 0 Å². The van der Waals surface area contributed by atoms with Gasteiger partial charge in [-0.2, -0.15) is 0 Å². The summed E-state index contributed by atoms with van der Waals surface area (Å²) in [7, 11) is 0. The van der Waals surface area contributed by atoms with Gasteiger partial charge < -0.3 is 10.6 Å². The highest BCUT2D eigenvalue weighted by Crippen LogP contribution is 2.21. The van der Waals surface area contributed by atoms with Gasteiger partial charge in [0.2, 0.25) is 0 Å². The highest BCUT2D eigenvalue weighted by molar-refractivity contribution is 14.0.